The molecule has 0 aromatic rings. The predicted molar refractivity (Wildman–Crippen MR) is 74.2 cm³/mol. The lowest BCUT2D eigenvalue weighted by molar-refractivity contribution is -0.147. The molecule has 0 aliphatic carbocycles. The highest BCUT2D eigenvalue weighted by molar-refractivity contribution is 5.80. The summed E-state index contributed by atoms with van der Waals surface area (Å²) in [4.78, 5) is 15.4. The predicted octanol–water partition coefficient (Wildman–Crippen LogP) is 0.672. The lowest BCUT2D eigenvalue weighted by Gasteiger charge is -2.15. The van der Waals surface area contributed by atoms with Crippen LogP contribution < -0.4 is 10.6 Å². The summed E-state index contributed by atoms with van der Waals surface area (Å²) in [5.41, 5.74) is 0. The fraction of sp³-hybridized carbons (Fsp3) is 0.846. The average Bonchev–Trinajstić information content (AvgIpc) is 2.85. The van der Waals surface area contributed by atoms with Crippen LogP contribution in [0, 0.1) is 0 Å². The Hall–Kier alpha value is -1.30. The summed E-state index contributed by atoms with van der Waals surface area (Å²) in [6.07, 6.45) is 2.75. The number of rotatable bonds is 6. The summed E-state index contributed by atoms with van der Waals surface area (Å²) in [7, 11) is 1.71. The normalized spacial score (nSPS) is 19.6. The monoisotopic (exact) mass is 271 g/mol. The van der Waals surface area contributed by atoms with Crippen molar-refractivity contribution in [1.82, 2.24) is 10.6 Å². The molecule has 1 aliphatic heterocycles. The van der Waals surface area contributed by atoms with Gasteiger partial charge in [0.15, 0.2) is 5.96 Å². The number of guanidine groups is 1. The molecule has 19 heavy (non-hydrogen) atoms. The first-order valence-electron chi connectivity index (χ1n) is 6.87. The Balaban J connectivity index is 2.12. The molecule has 1 aliphatic rings. The Morgan fingerprint density at radius 2 is 2.26 bits per heavy atom. The zero-order valence-electron chi connectivity index (χ0n) is 12.1. The average molecular weight is 271 g/mol. The minimum absolute atomic E-state index is 0.0653. The molecule has 0 spiro atoms. The lowest BCUT2D eigenvalue weighted by Crippen LogP contribution is -2.41. The second kappa shape index (κ2) is 8.74. The highest BCUT2D eigenvalue weighted by Crippen LogP contribution is 2.10. The van der Waals surface area contributed by atoms with Gasteiger partial charge in [-0.25, -0.2) is 0 Å². The van der Waals surface area contributed by atoms with Gasteiger partial charge in [-0.1, -0.05) is 0 Å². The molecule has 0 aromatic heterocycles. The molecule has 6 heteroatoms. The maximum atomic E-state index is 11.3. The van der Waals surface area contributed by atoms with Crippen LogP contribution in [0.4, 0.5) is 0 Å². The molecule has 1 atom stereocenters. The third-order valence-corrected chi connectivity index (χ3v) is 2.73. The zero-order chi connectivity index (χ0) is 14.1. The fourth-order valence-electron chi connectivity index (χ4n) is 1.84. The van der Waals surface area contributed by atoms with E-state index in [4.69, 9.17) is 9.47 Å². The van der Waals surface area contributed by atoms with Gasteiger partial charge >= 0.3 is 5.97 Å². The summed E-state index contributed by atoms with van der Waals surface area (Å²) in [5, 5.41) is 6.27. The number of aliphatic imine (C=N–C) groups is 1. The van der Waals surface area contributed by atoms with E-state index in [1.54, 1.807) is 7.05 Å². The number of esters is 1. The Bertz CT molecular complexity index is 300. The standard InChI is InChI=1S/C13H25N3O3/c1-10(2)19-12(17)6-7-15-13(14-3)16-9-11-5-4-8-18-11/h10-11H,4-9H2,1-3H3,(H2,14,15,16). The number of ether oxygens (including phenoxy) is 2. The van der Waals surface area contributed by atoms with Crippen LogP contribution in [-0.2, 0) is 14.3 Å². The van der Waals surface area contributed by atoms with Gasteiger partial charge in [-0.3, -0.25) is 9.79 Å². The van der Waals surface area contributed by atoms with E-state index in [2.05, 4.69) is 15.6 Å². The maximum absolute atomic E-state index is 11.3. The third-order valence-electron chi connectivity index (χ3n) is 2.73. The van der Waals surface area contributed by atoms with Gasteiger partial charge in [0.1, 0.15) is 0 Å². The van der Waals surface area contributed by atoms with E-state index in [0.717, 1.165) is 26.0 Å². The number of nitrogens with zero attached hydrogens (tertiary/aromatic N) is 1. The number of carbonyl (C=O) groups excluding carboxylic acids is 1. The lowest BCUT2D eigenvalue weighted by atomic mass is 10.2. The Labute approximate surface area is 114 Å². The van der Waals surface area contributed by atoms with Crippen LogP contribution in [0.15, 0.2) is 4.99 Å². The molecule has 0 radical (unpaired) electrons. The topological polar surface area (TPSA) is 72.0 Å². The largest absolute Gasteiger partial charge is 0.463 e. The van der Waals surface area contributed by atoms with Gasteiger partial charge in [-0.15, -0.1) is 0 Å². The van der Waals surface area contributed by atoms with Gasteiger partial charge in [0.25, 0.3) is 0 Å². The summed E-state index contributed by atoms with van der Waals surface area (Å²) in [6, 6.07) is 0. The van der Waals surface area contributed by atoms with Gasteiger partial charge in [-0.05, 0) is 26.7 Å². The minimum atomic E-state index is -0.197. The van der Waals surface area contributed by atoms with Gasteiger partial charge in [0.05, 0.1) is 18.6 Å². The number of hydrogen-bond donors (Lipinski definition) is 2. The van der Waals surface area contributed by atoms with E-state index >= 15 is 0 Å². The van der Waals surface area contributed by atoms with Crippen molar-refractivity contribution < 1.29 is 14.3 Å². The number of carbonyl (C=O) groups is 1. The van der Waals surface area contributed by atoms with E-state index in [9.17, 15) is 4.79 Å². The van der Waals surface area contributed by atoms with Crippen LogP contribution in [-0.4, -0.2) is 50.9 Å². The van der Waals surface area contributed by atoms with Crippen molar-refractivity contribution in [2.45, 2.75) is 45.3 Å². The van der Waals surface area contributed by atoms with Crippen LogP contribution in [0.25, 0.3) is 0 Å². The fourth-order valence-corrected chi connectivity index (χ4v) is 1.84. The first kappa shape index (κ1) is 15.8. The maximum Gasteiger partial charge on any atom is 0.307 e. The molecule has 1 saturated heterocycles. The van der Waals surface area contributed by atoms with E-state index in [0.29, 0.717) is 18.9 Å². The minimum Gasteiger partial charge on any atom is -0.463 e. The molecule has 1 fully saturated rings. The van der Waals surface area contributed by atoms with Crippen molar-refractivity contribution in [3.63, 3.8) is 0 Å². The van der Waals surface area contributed by atoms with Crippen molar-refractivity contribution in [1.29, 1.82) is 0 Å². The molecule has 0 saturated carbocycles. The van der Waals surface area contributed by atoms with E-state index in [1.165, 1.54) is 0 Å². The first-order chi connectivity index (χ1) is 9.11. The molecule has 0 bridgehead atoms. The molecule has 110 valence electrons. The van der Waals surface area contributed by atoms with Gasteiger partial charge in [-0.2, -0.15) is 0 Å². The molecule has 1 rings (SSSR count). The molecule has 0 amide bonds. The molecule has 1 unspecified atom stereocenters. The van der Waals surface area contributed by atoms with Gasteiger partial charge in [0, 0.05) is 26.7 Å². The second-order valence-electron chi connectivity index (χ2n) is 4.80. The Morgan fingerprint density at radius 3 is 2.84 bits per heavy atom. The molecule has 0 aromatic carbocycles. The van der Waals surface area contributed by atoms with Crippen molar-refractivity contribution in [2.24, 2.45) is 4.99 Å². The molecule has 2 N–H and O–H groups in total. The molecular formula is C13H25N3O3. The van der Waals surface area contributed by atoms with Crippen LogP contribution in [0.2, 0.25) is 0 Å². The van der Waals surface area contributed by atoms with Crippen molar-refractivity contribution >= 4 is 11.9 Å². The third kappa shape index (κ3) is 7.00. The highest BCUT2D eigenvalue weighted by Gasteiger charge is 2.15. The van der Waals surface area contributed by atoms with Crippen LogP contribution in [0.3, 0.4) is 0 Å². The smallest absolute Gasteiger partial charge is 0.307 e. The van der Waals surface area contributed by atoms with Crippen molar-refractivity contribution in [3.05, 3.63) is 0 Å². The quantitative estimate of drug-likeness (QED) is 0.422. The zero-order valence-corrected chi connectivity index (χ0v) is 12.1. The summed E-state index contributed by atoms with van der Waals surface area (Å²) in [6.45, 7) is 5.78. The van der Waals surface area contributed by atoms with E-state index in [1.807, 2.05) is 13.8 Å². The van der Waals surface area contributed by atoms with E-state index in [-0.39, 0.29) is 18.2 Å². The molecular weight excluding hydrogens is 246 g/mol. The Morgan fingerprint density at radius 1 is 1.47 bits per heavy atom. The van der Waals surface area contributed by atoms with Crippen LogP contribution in [0.1, 0.15) is 33.1 Å². The van der Waals surface area contributed by atoms with Crippen molar-refractivity contribution in [2.75, 3.05) is 26.7 Å². The second-order valence-corrected chi connectivity index (χ2v) is 4.80. The summed E-state index contributed by atoms with van der Waals surface area (Å²) < 4.78 is 10.6. The molecule has 6 nitrogen and oxygen atoms in total. The van der Waals surface area contributed by atoms with Crippen LogP contribution >= 0.6 is 0 Å². The van der Waals surface area contributed by atoms with Crippen molar-refractivity contribution in [3.8, 4) is 0 Å². The van der Waals surface area contributed by atoms with E-state index < -0.39 is 0 Å². The number of hydrogen-bond acceptors (Lipinski definition) is 4. The summed E-state index contributed by atoms with van der Waals surface area (Å²) >= 11 is 0. The summed E-state index contributed by atoms with van der Waals surface area (Å²) in [5.74, 6) is 0.491. The first-order valence-corrected chi connectivity index (χ1v) is 6.87. The number of nitrogens with one attached hydrogen (secondary N) is 2. The molecule has 1 heterocycles. The van der Waals surface area contributed by atoms with Crippen LogP contribution in [0.5, 0.6) is 0 Å². The van der Waals surface area contributed by atoms with Gasteiger partial charge in [0.2, 0.25) is 0 Å². The highest BCUT2D eigenvalue weighted by atomic mass is 16.5. The SMILES string of the molecule is CN=C(NCCC(=O)OC(C)C)NCC1CCCO1. The Kier molecular flexibility index (Phi) is 7.25. The van der Waals surface area contributed by atoms with Gasteiger partial charge < -0.3 is 20.1 Å².